The zero-order valence-electron chi connectivity index (χ0n) is 10.0. The molecule has 0 atom stereocenters. The number of aliphatic hydroxyl groups is 1. The molecule has 0 saturated carbocycles. The van der Waals surface area contributed by atoms with Crippen LogP contribution in [0.5, 0.6) is 0 Å². The van der Waals surface area contributed by atoms with Gasteiger partial charge in [0, 0.05) is 5.41 Å². The van der Waals surface area contributed by atoms with E-state index in [9.17, 15) is 4.79 Å². The zero-order valence-corrected chi connectivity index (χ0v) is 10.8. The van der Waals surface area contributed by atoms with Gasteiger partial charge in [0.1, 0.15) is 4.88 Å². The normalized spacial score (nSPS) is 11.6. The van der Waals surface area contributed by atoms with Gasteiger partial charge >= 0.3 is 5.97 Å². The second-order valence-electron chi connectivity index (χ2n) is 4.42. The Kier molecular flexibility index (Phi) is 4.04. The van der Waals surface area contributed by atoms with Crippen molar-refractivity contribution in [3.8, 4) is 0 Å². The second kappa shape index (κ2) is 4.93. The van der Waals surface area contributed by atoms with Gasteiger partial charge in [0.25, 0.3) is 0 Å². The van der Waals surface area contributed by atoms with Gasteiger partial charge in [0.05, 0.1) is 23.9 Å². The van der Waals surface area contributed by atoms with Crippen molar-refractivity contribution in [3.63, 3.8) is 0 Å². The van der Waals surface area contributed by atoms with E-state index in [2.05, 4.69) is 4.98 Å². The van der Waals surface area contributed by atoms with E-state index in [1.54, 1.807) is 6.92 Å². The molecule has 5 heteroatoms. The molecule has 1 aromatic heterocycles. The lowest BCUT2D eigenvalue weighted by atomic mass is 9.98. The van der Waals surface area contributed by atoms with Crippen LogP contribution in [0.15, 0.2) is 0 Å². The van der Waals surface area contributed by atoms with E-state index < -0.39 is 5.97 Å². The Labute approximate surface area is 99.3 Å². The maximum absolute atomic E-state index is 11.6. The molecular weight excluding hydrogens is 226 g/mol. The van der Waals surface area contributed by atoms with E-state index in [0.717, 1.165) is 5.01 Å². The molecular formula is C11H17NO3S. The van der Waals surface area contributed by atoms with Crippen molar-refractivity contribution in [3.05, 3.63) is 15.6 Å². The number of carbonyl (C=O) groups excluding carboxylic acids is 1. The molecule has 0 spiro atoms. The average molecular weight is 243 g/mol. The predicted molar refractivity (Wildman–Crippen MR) is 62.7 cm³/mol. The van der Waals surface area contributed by atoms with Gasteiger partial charge in [0.15, 0.2) is 0 Å². The predicted octanol–water partition coefficient (Wildman–Crippen LogP) is 2.11. The van der Waals surface area contributed by atoms with E-state index in [1.807, 2.05) is 20.8 Å². The van der Waals surface area contributed by atoms with Crippen LogP contribution in [0.2, 0.25) is 0 Å². The molecule has 0 aromatic carbocycles. The Morgan fingerprint density at radius 2 is 2.12 bits per heavy atom. The van der Waals surface area contributed by atoms with E-state index in [1.165, 1.54) is 11.3 Å². The Balaban J connectivity index is 3.09. The van der Waals surface area contributed by atoms with Crippen LogP contribution in [0.4, 0.5) is 0 Å². The van der Waals surface area contributed by atoms with Crippen LogP contribution in [-0.2, 0) is 16.8 Å². The van der Waals surface area contributed by atoms with E-state index in [-0.39, 0.29) is 12.0 Å². The average Bonchev–Trinajstić information content (AvgIpc) is 2.61. The summed E-state index contributed by atoms with van der Waals surface area (Å²) >= 11 is 1.29. The molecule has 0 radical (unpaired) electrons. The Morgan fingerprint density at radius 3 is 2.56 bits per heavy atom. The van der Waals surface area contributed by atoms with Crippen LogP contribution in [0.3, 0.4) is 0 Å². The van der Waals surface area contributed by atoms with Crippen molar-refractivity contribution < 1.29 is 14.6 Å². The molecule has 16 heavy (non-hydrogen) atoms. The van der Waals surface area contributed by atoms with Gasteiger partial charge in [0.2, 0.25) is 0 Å². The van der Waals surface area contributed by atoms with Crippen molar-refractivity contribution >= 4 is 17.3 Å². The standard InChI is InChI=1S/C11H17NO3S/c1-5-15-9(14)8-7(6-13)12-10(16-8)11(2,3)4/h13H,5-6H2,1-4H3. The maximum atomic E-state index is 11.6. The number of rotatable bonds is 3. The molecule has 0 aliphatic heterocycles. The van der Waals surface area contributed by atoms with Crippen LogP contribution < -0.4 is 0 Å². The smallest absolute Gasteiger partial charge is 0.350 e. The van der Waals surface area contributed by atoms with Crippen LogP contribution in [0, 0.1) is 0 Å². The fourth-order valence-electron chi connectivity index (χ4n) is 1.14. The highest BCUT2D eigenvalue weighted by Gasteiger charge is 2.24. The van der Waals surface area contributed by atoms with Crippen molar-refractivity contribution in [2.45, 2.75) is 39.7 Å². The molecule has 90 valence electrons. The van der Waals surface area contributed by atoms with Crippen LogP contribution in [-0.4, -0.2) is 22.7 Å². The van der Waals surface area contributed by atoms with Gasteiger partial charge in [-0.15, -0.1) is 11.3 Å². The second-order valence-corrected chi connectivity index (χ2v) is 5.42. The monoisotopic (exact) mass is 243 g/mol. The minimum atomic E-state index is -0.403. The lowest BCUT2D eigenvalue weighted by Crippen LogP contribution is -2.10. The topological polar surface area (TPSA) is 59.4 Å². The van der Waals surface area contributed by atoms with Crippen LogP contribution in [0.1, 0.15) is 48.1 Å². The number of nitrogens with zero attached hydrogens (tertiary/aromatic N) is 1. The number of aliphatic hydroxyl groups excluding tert-OH is 1. The van der Waals surface area contributed by atoms with Crippen LogP contribution >= 0.6 is 11.3 Å². The highest BCUT2D eigenvalue weighted by molar-refractivity contribution is 7.13. The molecule has 0 amide bonds. The Bertz CT molecular complexity index is 379. The van der Waals surface area contributed by atoms with Gasteiger partial charge in [-0.1, -0.05) is 20.8 Å². The summed E-state index contributed by atoms with van der Waals surface area (Å²) < 4.78 is 4.92. The van der Waals surface area contributed by atoms with Crippen molar-refractivity contribution in [1.82, 2.24) is 4.98 Å². The summed E-state index contributed by atoms with van der Waals surface area (Å²) in [5.41, 5.74) is 0.285. The quantitative estimate of drug-likeness (QED) is 0.826. The molecule has 0 fully saturated rings. The van der Waals surface area contributed by atoms with E-state index in [4.69, 9.17) is 9.84 Å². The summed E-state index contributed by atoms with van der Waals surface area (Å²) in [7, 11) is 0. The maximum Gasteiger partial charge on any atom is 0.350 e. The number of hydrogen-bond donors (Lipinski definition) is 1. The summed E-state index contributed by atoms with van der Waals surface area (Å²) in [5.74, 6) is -0.403. The molecule has 0 saturated heterocycles. The highest BCUT2D eigenvalue weighted by Crippen LogP contribution is 2.29. The summed E-state index contributed by atoms with van der Waals surface area (Å²) in [5, 5.41) is 9.98. The largest absolute Gasteiger partial charge is 0.462 e. The van der Waals surface area contributed by atoms with Gasteiger partial charge in [-0.05, 0) is 6.92 Å². The molecule has 1 N–H and O–H groups in total. The fourth-order valence-corrected chi connectivity index (χ4v) is 2.16. The van der Waals surface area contributed by atoms with Gasteiger partial charge < -0.3 is 9.84 Å². The third-order valence-electron chi connectivity index (χ3n) is 1.95. The third kappa shape index (κ3) is 2.80. The Morgan fingerprint density at radius 1 is 1.50 bits per heavy atom. The first-order chi connectivity index (χ1) is 7.40. The van der Waals surface area contributed by atoms with Gasteiger partial charge in [-0.2, -0.15) is 0 Å². The summed E-state index contributed by atoms with van der Waals surface area (Å²) in [6, 6.07) is 0. The highest BCUT2D eigenvalue weighted by atomic mass is 32.1. The summed E-state index contributed by atoms with van der Waals surface area (Å²) in [6.45, 7) is 7.89. The minimum Gasteiger partial charge on any atom is -0.462 e. The fraction of sp³-hybridized carbons (Fsp3) is 0.636. The van der Waals surface area contributed by atoms with E-state index >= 15 is 0 Å². The molecule has 1 rings (SSSR count). The first-order valence-electron chi connectivity index (χ1n) is 5.18. The number of aromatic nitrogens is 1. The molecule has 1 aromatic rings. The zero-order chi connectivity index (χ0) is 12.3. The SMILES string of the molecule is CCOC(=O)c1sc(C(C)(C)C)nc1CO. The third-order valence-corrected chi connectivity index (χ3v) is 3.45. The molecule has 0 aliphatic rings. The lowest BCUT2D eigenvalue weighted by molar-refractivity contribution is 0.0528. The lowest BCUT2D eigenvalue weighted by Gasteiger charge is -2.13. The molecule has 0 unspecified atom stereocenters. The first-order valence-corrected chi connectivity index (χ1v) is 6.00. The number of esters is 1. The first kappa shape index (κ1) is 13.1. The summed E-state index contributed by atoms with van der Waals surface area (Å²) in [6.07, 6.45) is 0. The van der Waals surface area contributed by atoms with Crippen molar-refractivity contribution in [1.29, 1.82) is 0 Å². The van der Waals surface area contributed by atoms with Crippen molar-refractivity contribution in [2.24, 2.45) is 0 Å². The Hall–Kier alpha value is -0.940. The summed E-state index contributed by atoms with van der Waals surface area (Å²) in [4.78, 5) is 16.3. The number of thiazole rings is 1. The van der Waals surface area contributed by atoms with Crippen LogP contribution in [0.25, 0.3) is 0 Å². The molecule has 1 heterocycles. The van der Waals surface area contributed by atoms with Crippen molar-refractivity contribution in [2.75, 3.05) is 6.61 Å². The number of carbonyl (C=O) groups is 1. The minimum absolute atomic E-state index is 0.126. The number of ether oxygens (including phenoxy) is 1. The van der Waals surface area contributed by atoms with Gasteiger partial charge in [-0.3, -0.25) is 0 Å². The molecule has 0 bridgehead atoms. The van der Waals surface area contributed by atoms with Gasteiger partial charge in [-0.25, -0.2) is 9.78 Å². The molecule has 4 nitrogen and oxygen atoms in total. The van der Waals surface area contributed by atoms with E-state index in [0.29, 0.717) is 17.2 Å². The molecule has 0 aliphatic carbocycles. The number of hydrogen-bond acceptors (Lipinski definition) is 5.